The van der Waals surface area contributed by atoms with Crippen molar-refractivity contribution in [2.24, 2.45) is 5.41 Å². The van der Waals surface area contributed by atoms with Crippen LogP contribution >= 0.6 is 0 Å². The Bertz CT molecular complexity index is 3180. The molecule has 7 heteroatoms. The molecule has 1 fully saturated rings. The summed E-state index contributed by atoms with van der Waals surface area (Å²) >= 11 is 0. The van der Waals surface area contributed by atoms with Gasteiger partial charge in [-0.25, -0.2) is 5.73 Å². The van der Waals surface area contributed by atoms with E-state index in [-0.39, 0.29) is 75.1 Å². The van der Waals surface area contributed by atoms with Gasteiger partial charge in [-0.05, 0) is 194 Å². The van der Waals surface area contributed by atoms with Gasteiger partial charge in [-0.3, -0.25) is 0 Å². The van der Waals surface area contributed by atoms with E-state index in [1.807, 2.05) is 24.6 Å². The summed E-state index contributed by atoms with van der Waals surface area (Å²) < 4.78 is 5.80. The Morgan fingerprint density at radius 3 is 0.862 bits per heavy atom. The second-order valence-electron chi connectivity index (χ2n) is 29.7. The number of ether oxygens (including phenoxy) is 1. The van der Waals surface area contributed by atoms with Crippen LogP contribution in [0.25, 0.3) is 44.5 Å². The van der Waals surface area contributed by atoms with E-state index in [4.69, 9.17) is 4.74 Å². The van der Waals surface area contributed by atoms with Gasteiger partial charge in [-0.2, -0.15) is 12.5 Å². The van der Waals surface area contributed by atoms with E-state index in [1.54, 1.807) is 0 Å². The van der Waals surface area contributed by atoms with Crippen molar-refractivity contribution >= 4 is 47.8 Å². The molecule has 0 aromatic heterocycles. The maximum atomic E-state index is 5.80. The molecule has 9 rings (SSSR count). The van der Waals surface area contributed by atoms with Crippen LogP contribution in [-0.2, 0) is 4.74 Å². The second kappa shape index (κ2) is 37.0. The van der Waals surface area contributed by atoms with E-state index in [2.05, 4.69) is 301 Å². The smallest absolute Gasteiger partial charge is 0.870 e. The fourth-order valence-corrected chi connectivity index (χ4v) is 12.8. The van der Waals surface area contributed by atoms with Crippen molar-refractivity contribution in [1.29, 1.82) is 0 Å². The predicted octanol–water partition coefficient (Wildman–Crippen LogP) is 25.1. The average Bonchev–Trinajstić information content (AvgIpc) is 3.47. The third-order valence-electron chi connectivity index (χ3n) is 18.4. The van der Waals surface area contributed by atoms with Crippen molar-refractivity contribution in [2.45, 2.75) is 251 Å². The van der Waals surface area contributed by atoms with Crippen LogP contribution in [0.15, 0.2) is 144 Å². The Labute approximate surface area is 605 Å². The zero-order valence-corrected chi connectivity index (χ0v) is 67.9. The number of rotatable bonds is 16. The average molecular weight is 1480 g/mol. The van der Waals surface area contributed by atoms with E-state index >= 15 is 0 Å². The maximum Gasteiger partial charge on any atom is 2.00 e. The summed E-state index contributed by atoms with van der Waals surface area (Å²) in [5.41, 5.74) is 33.3. The number of hydrogen-bond donors (Lipinski definition) is 0. The number of fused-ring (bicyclic) bond motifs is 2. The second-order valence-corrected chi connectivity index (χ2v) is 29.7. The van der Waals surface area contributed by atoms with E-state index in [1.165, 1.54) is 122 Å². The molecule has 6 aromatic carbocycles. The first-order valence-corrected chi connectivity index (χ1v) is 33.8. The van der Waals surface area contributed by atoms with Crippen LogP contribution in [0, 0.1) is 30.0 Å². The van der Waals surface area contributed by atoms with Crippen LogP contribution in [0.1, 0.15) is 318 Å². The monoisotopic (exact) mass is 1480 g/mol. The number of allylic oxidation sites excluding steroid dienone is 7. The molecule has 3 aliphatic rings. The Kier molecular flexibility index (Phi) is 34.1. The first-order chi connectivity index (χ1) is 41.3. The third-order valence-corrected chi connectivity index (χ3v) is 18.4. The summed E-state index contributed by atoms with van der Waals surface area (Å²) in [5, 5.41) is 0. The maximum absolute atomic E-state index is 5.80. The fourth-order valence-electron chi connectivity index (χ4n) is 12.8. The number of benzene rings is 6. The van der Waals surface area contributed by atoms with Gasteiger partial charge in [0.25, 0.3) is 5.76 Å². The van der Waals surface area contributed by atoms with E-state index in [0.717, 1.165) is 11.5 Å². The van der Waals surface area contributed by atoms with Crippen LogP contribution in [0.3, 0.4) is 0 Å². The van der Waals surface area contributed by atoms with Gasteiger partial charge >= 0.3 is 47.8 Å². The summed E-state index contributed by atoms with van der Waals surface area (Å²) in [7, 11) is 0. The number of hydrogen-bond acceptors (Lipinski definition) is 5. The zero-order valence-electron chi connectivity index (χ0n) is 62.2. The van der Waals surface area contributed by atoms with Crippen molar-refractivity contribution in [3.8, 4) is 44.5 Å². The van der Waals surface area contributed by atoms with Crippen molar-refractivity contribution < 1.29 is 26.6 Å². The molecule has 0 amide bonds. The standard InChI is InChI=1S/2C36H49.C15H12O.4H2O.2Sn/c2*1-21(2)29-17-31(23(5)6)35(32(18-29)24(7)8)27-14-13-15-28(16-27)36-33(25(9)10)19-30(22(3)4)20-34(36)26(11)12;1-15(2)11-7-3-5-9-13(11)16-14-10-6-4-8-12(14)15;;;;;;/h2*13-15,17-26H,1-12H3;3-8H,1-2H3;4*1H2;;/q;;;;;;;2*+2/p-4. The minimum Gasteiger partial charge on any atom is -0.870 e. The molecule has 2 aliphatic carbocycles. The summed E-state index contributed by atoms with van der Waals surface area (Å²) in [4.78, 5) is 0. The largest absolute Gasteiger partial charge is 2.00 e. The van der Waals surface area contributed by atoms with E-state index in [9.17, 15) is 0 Å². The third kappa shape index (κ3) is 19.6. The van der Waals surface area contributed by atoms with Gasteiger partial charge in [-0.1, -0.05) is 271 Å². The Hall–Kier alpha value is -5.18. The zero-order chi connectivity index (χ0) is 65.0. The molecule has 500 valence electrons. The summed E-state index contributed by atoms with van der Waals surface area (Å²) in [5.74, 6) is 7.36. The van der Waals surface area contributed by atoms with Crippen LogP contribution in [0.5, 0.6) is 0 Å². The quantitative estimate of drug-likeness (QED) is 0.0541. The SMILES string of the molecule is CC(C)c1cc(C(C)C)c(-c2[c]c(-c3c(C(C)C)cc(C(C)C)cc3C(C)C)ccc2)c(C(C)C)c1.CC(C)c1cc(C(C)C)c(-c2[c]c(-c3c(C(C)C)cc(C(C)C)cc3C(C)C)ccc2)c(C(C)C)c1.CC1(C)C2=C[CH-]C=C=C2OC2=[C+]C=CC=C21.[OH-].[OH-].[OH-].[OH-].[Sn+2].[Sn+2]. The molecule has 0 unspecified atom stereocenters. The molecular formula is C87H114O5Sn2. The van der Waals surface area contributed by atoms with Crippen LogP contribution < -0.4 is 0 Å². The van der Waals surface area contributed by atoms with Gasteiger partial charge in [0.1, 0.15) is 11.6 Å². The summed E-state index contributed by atoms with van der Waals surface area (Å²) in [6, 6.07) is 41.1. The molecule has 0 saturated carbocycles. The predicted molar refractivity (Wildman–Crippen MR) is 403 cm³/mol. The summed E-state index contributed by atoms with van der Waals surface area (Å²) in [6.45, 7) is 60.1. The van der Waals surface area contributed by atoms with Gasteiger partial charge < -0.3 is 26.6 Å². The Balaban J connectivity index is 0.000000724. The van der Waals surface area contributed by atoms with E-state index in [0.29, 0.717) is 71.0 Å². The molecule has 0 atom stereocenters. The van der Waals surface area contributed by atoms with Crippen LogP contribution in [0.4, 0.5) is 0 Å². The molecule has 0 spiro atoms. The Morgan fingerprint density at radius 2 is 0.628 bits per heavy atom. The minimum atomic E-state index is -0.0432. The van der Waals surface area contributed by atoms with Crippen molar-refractivity contribution in [1.82, 2.24) is 0 Å². The minimum absolute atomic E-state index is 0. The molecule has 1 aliphatic heterocycles. The summed E-state index contributed by atoms with van der Waals surface area (Å²) in [6.07, 6.45) is 15.1. The van der Waals surface area contributed by atoms with Gasteiger partial charge in [-0.15, -0.1) is 6.08 Å². The first kappa shape index (κ1) is 86.8. The molecular weight excluding hydrogens is 1360 g/mol. The molecule has 5 nitrogen and oxygen atoms in total. The van der Waals surface area contributed by atoms with Gasteiger partial charge in [0.2, 0.25) is 0 Å². The van der Waals surface area contributed by atoms with Gasteiger partial charge in [0, 0.05) is 11.5 Å². The topological polar surface area (TPSA) is 129 Å². The molecule has 1 saturated heterocycles. The van der Waals surface area contributed by atoms with Crippen molar-refractivity contribution in [3.63, 3.8) is 0 Å². The van der Waals surface area contributed by atoms with Gasteiger partial charge in [0.05, 0.1) is 17.9 Å². The molecule has 1 heterocycles. The van der Waals surface area contributed by atoms with Crippen molar-refractivity contribution in [3.05, 3.63) is 235 Å². The van der Waals surface area contributed by atoms with Gasteiger partial charge in [0.15, 0.2) is 0 Å². The molecule has 0 bridgehead atoms. The molecule has 6 radical (unpaired) electrons. The van der Waals surface area contributed by atoms with Crippen LogP contribution in [0.2, 0.25) is 0 Å². The van der Waals surface area contributed by atoms with E-state index < -0.39 is 0 Å². The molecule has 6 aromatic rings. The molecule has 94 heavy (non-hydrogen) atoms. The van der Waals surface area contributed by atoms with Crippen LogP contribution in [-0.4, -0.2) is 69.7 Å². The normalized spacial score (nSPS) is 13.4. The fraction of sp³-hybridized carbons (Fsp3) is 0.448. The Morgan fingerprint density at radius 1 is 0.372 bits per heavy atom. The molecule has 4 N–H and O–H groups in total. The van der Waals surface area contributed by atoms with Crippen molar-refractivity contribution in [2.75, 3.05) is 0 Å². The first-order valence-electron chi connectivity index (χ1n) is 33.8.